The Hall–Kier alpha value is -2.09. The molecule has 0 unspecified atom stereocenters. The van der Waals surface area contributed by atoms with Gasteiger partial charge in [0.05, 0.1) is 0 Å². The maximum Gasteiger partial charge on any atom is 0.328 e. The minimum absolute atomic E-state index is 0.899. The highest BCUT2D eigenvalue weighted by Crippen LogP contribution is 2.16. The third kappa shape index (κ3) is 2.23. The second-order valence-electron chi connectivity index (χ2n) is 3.28. The van der Waals surface area contributed by atoms with Crippen molar-refractivity contribution in [2.24, 2.45) is 0 Å². The first-order valence-corrected chi connectivity index (χ1v) is 4.65. The largest absolute Gasteiger partial charge is 0.478 e. The third-order valence-electron chi connectivity index (χ3n) is 2.19. The zero-order valence-corrected chi connectivity index (χ0v) is 8.05. The van der Waals surface area contributed by atoms with Gasteiger partial charge in [-0.15, -0.1) is 0 Å². The van der Waals surface area contributed by atoms with Gasteiger partial charge < -0.3 is 5.11 Å². The molecule has 0 spiro atoms. The summed E-state index contributed by atoms with van der Waals surface area (Å²) in [4.78, 5) is 10.3. The maximum atomic E-state index is 10.3. The van der Waals surface area contributed by atoms with Crippen LogP contribution < -0.4 is 0 Å². The minimum Gasteiger partial charge on any atom is -0.478 e. The Kier molecular flexibility index (Phi) is 2.50. The Morgan fingerprint density at radius 2 is 1.80 bits per heavy atom. The molecule has 0 heterocycles. The number of benzene rings is 2. The lowest BCUT2D eigenvalue weighted by Crippen LogP contribution is -1.85. The second kappa shape index (κ2) is 3.96. The normalized spacial score (nSPS) is 10.9. The van der Waals surface area contributed by atoms with Crippen molar-refractivity contribution in [2.45, 2.75) is 0 Å². The van der Waals surface area contributed by atoms with Gasteiger partial charge in [-0.3, -0.25) is 0 Å². The molecule has 0 aliphatic rings. The summed E-state index contributed by atoms with van der Waals surface area (Å²) in [5.41, 5.74) is 0.899. The molecular weight excluding hydrogens is 188 g/mol. The first-order chi connectivity index (χ1) is 7.25. The van der Waals surface area contributed by atoms with Gasteiger partial charge >= 0.3 is 5.97 Å². The minimum atomic E-state index is -0.928. The van der Waals surface area contributed by atoms with Crippen molar-refractivity contribution in [2.75, 3.05) is 0 Å². The van der Waals surface area contributed by atoms with E-state index in [4.69, 9.17) is 5.11 Å². The Morgan fingerprint density at radius 3 is 2.53 bits per heavy atom. The summed E-state index contributed by atoms with van der Waals surface area (Å²) in [7, 11) is 0. The molecule has 0 aromatic heterocycles. The number of hydrogen-bond donors (Lipinski definition) is 1. The van der Waals surface area contributed by atoms with Crippen molar-refractivity contribution < 1.29 is 9.90 Å². The molecule has 0 atom stereocenters. The Bertz CT molecular complexity index is 527. The van der Waals surface area contributed by atoms with Crippen molar-refractivity contribution in [3.63, 3.8) is 0 Å². The Labute approximate surface area is 87.5 Å². The van der Waals surface area contributed by atoms with Gasteiger partial charge in [0.2, 0.25) is 0 Å². The van der Waals surface area contributed by atoms with Crippen molar-refractivity contribution in [1.29, 1.82) is 0 Å². The molecule has 74 valence electrons. The molecule has 0 fully saturated rings. The summed E-state index contributed by atoms with van der Waals surface area (Å²) in [6.07, 6.45) is 2.74. The quantitative estimate of drug-likeness (QED) is 0.753. The monoisotopic (exact) mass is 198 g/mol. The van der Waals surface area contributed by atoms with Crippen LogP contribution >= 0.6 is 0 Å². The van der Waals surface area contributed by atoms with E-state index in [1.807, 2.05) is 42.5 Å². The fourth-order valence-corrected chi connectivity index (χ4v) is 1.48. The fourth-order valence-electron chi connectivity index (χ4n) is 1.48. The summed E-state index contributed by atoms with van der Waals surface area (Å²) >= 11 is 0. The number of aliphatic carboxylic acids is 1. The van der Waals surface area contributed by atoms with Crippen molar-refractivity contribution in [3.05, 3.63) is 54.1 Å². The van der Waals surface area contributed by atoms with Crippen molar-refractivity contribution in [1.82, 2.24) is 0 Å². The first kappa shape index (κ1) is 9.46. The Balaban J connectivity index is 2.43. The molecule has 0 aliphatic heterocycles. The topological polar surface area (TPSA) is 37.3 Å². The molecular formula is C13H10O2. The fraction of sp³-hybridized carbons (Fsp3) is 0. The molecule has 2 nitrogen and oxygen atoms in total. The van der Waals surface area contributed by atoms with E-state index in [1.54, 1.807) is 6.08 Å². The van der Waals surface area contributed by atoms with Gasteiger partial charge in [0.25, 0.3) is 0 Å². The van der Waals surface area contributed by atoms with Gasteiger partial charge in [-0.1, -0.05) is 36.4 Å². The van der Waals surface area contributed by atoms with Crippen LogP contribution in [0.2, 0.25) is 0 Å². The molecule has 0 saturated heterocycles. The molecule has 2 rings (SSSR count). The number of hydrogen-bond acceptors (Lipinski definition) is 1. The van der Waals surface area contributed by atoms with E-state index in [-0.39, 0.29) is 0 Å². The SMILES string of the molecule is O=C(O)/C=C\c1ccc2ccccc2c1. The van der Waals surface area contributed by atoms with E-state index < -0.39 is 5.97 Å². The van der Waals surface area contributed by atoms with E-state index in [9.17, 15) is 4.79 Å². The van der Waals surface area contributed by atoms with Crippen LogP contribution in [0.25, 0.3) is 16.8 Å². The van der Waals surface area contributed by atoms with Gasteiger partial charge in [0.1, 0.15) is 0 Å². The van der Waals surface area contributed by atoms with Crippen LogP contribution in [-0.4, -0.2) is 11.1 Å². The zero-order chi connectivity index (χ0) is 10.7. The lowest BCUT2D eigenvalue weighted by molar-refractivity contribution is -0.131. The molecule has 15 heavy (non-hydrogen) atoms. The zero-order valence-electron chi connectivity index (χ0n) is 8.05. The molecule has 2 heteroatoms. The highest BCUT2D eigenvalue weighted by atomic mass is 16.4. The summed E-state index contributed by atoms with van der Waals surface area (Å²) in [6.45, 7) is 0. The molecule has 1 N–H and O–H groups in total. The van der Waals surface area contributed by atoms with Gasteiger partial charge in [0, 0.05) is 6.08 Å². The molecule has 2 aromatic carbocycles. The van der Waals surface area contributed by atoms with Crippen LogP contribution in [0.3, 0.4) is 0 Å². The molecule has 2 aromatic rings. The highest BCUT2D eigenvalue weighted by Gasteiger charge is 1.93. The molecule has 0 saturated carbocycles. The van der Waals surface area contributed by atoms with Crippen LogP contribution in [0.4, 0.5) is 0 Å². The number of carboxylic acids is 1. The molecule has 0 bridgehead atoms. The first-order valence-electron chi connectivity index (χ1n) is 4.65. The van der Waals surface area contributed by atoms with Crippen molar-refractivity contribution in [3.8, 4) is 0 Å². The number of fused-ring (bicyclic) bond motifs is 1. The van der Waals surface area contributed by atoms with Crippen LogP contribution in [0.15, 0.2) is 48.5 Å². The summed E-state index contributed by atoms with van der Waals surface area (Å²) < 4.78 is 0. The number of carbonyl (C=O) groups is 1. The average molecular weight is 198 g/mol. The van der Waals surface area contributed by atoms with Crippen LogP contribution in [0.1, 0.15) is 5.56 Å². The summed E-state index contributed by atoms with van der Waals surface area (Å²) in [5.74, 6) is -0.928. The van der Waals surface area contributed by atoms with Crippen LogP contribution in [0.5, 0.6) is 0 Å². The second-order valence-corrected chi connectivity index (χ2v) is 3.28. The van der Waals surface area contributed by atoms with Crippen LogP contribution in [0, 0.1) is 0 Å². The van der Waals surface area contributed by atoms with E-state index >= 15 is 0 Å². The molecule has 0 radical (unpaired) electrons. The van der Waals surface area contributed by atoms with Crippen LogP contribution in [-0.2, 0) is 4.79 Å². The highest BCUT2D eigenvalue weighted by molar-refractivity contribution is 5.88. The standard InChI is InChI=1S/C13H10O2/c14-13(15)8-6-10-5-7-11-3-1-2-4-12(11)9-10/h1-9H,(H,14,15)/b8-6-. The van der Waals surface area contributed by atoms with E-state index in [0.29, 0.717) is 0 Å². The maximum absolute atomic E-state index is 10.3. The molecule has 0 amide bonds. The predicted molar refractivity (Wildman–Crippen MR) is 60.6 cm³/mol. The smallest absolute Gasteiger partial charge is 0.328 e. The van der Waals surface area contributed by atoms with Gasteiger partial charge in [-0.05, 0) is 28.5 Å². The molecule has 0 aliphatic carbocycles. The van der Waals surface area contributed by atoms with E-state index in [0.717, 1.165) is 22.4 Å². The average Bonchev–Trinajstić information content (AvgIpc) is 2.26. The summed E-state index contributed by atoms with van der Waals surface area (Å²) in [6, 6.07) is 13.8. The van der Waals surface area contributed by atoms with Gasteiger partial charge in [-0.25, -0.2) is 4.79 Å². The lowest BCUT2D eigenvalue weighted by Gasteiger charge is -1.98. The van der Waals surface area contributed by atoms with Crippen molar-refractivity contribution >= 4 is 22.8 Å². The Morgan fingerprint density at radius 1 is 1.07 bits per heavy atom. The predicted octanol–water partition coefficient (Wildman–Crippen LogP) is 2.94. The van der Waals surface area contributed by atoms with E-state index in [2.05, 4.69) is 0 Å². The summed E-state index contributed by atoms with van der Waals surface area (Å²) in [5, 5.41) is 10.8. The van der Waals surface area contributed by atoms with Gasteiger partial charge in [0.15, 0.2) is 0 Å². The third-order valence-corrected chi connectivity index (χ3v) is 2.19. The number of carboxylic acid groups (broad SMARTS) is 1. The number of rotatable bonds is 2. The van der Waals surface area contributed by atoms with E-state index in [1.165, 1.54) is 0 Å². The lowest BCUT2D eigenvalue weighted by atomic mass is 10.1. The van der Waals surface area contributed by atoms with Gasteiger partial charge in [-0.2, -0.15) is 0 Å².